The Hall–Kier alpha value is -2.03. The monoisotopic (exact) mass is 297 g/mol. The number of halogens is 4. The first-order valence-corrected chi connectivity index (χ1v) is 5.05. The fourth-order valence-corrected chi connectivity index (χ4v) is 1.43. The summed E-state index contributed by atoms with van der Waals surface area (Å²) in [6.07, 6.45) is -4.30. The number of pyridine rings is 1. The first-order chi connectivity index (χ1) is 8.61. The third kappa shape index (κ3) is 3.98. The molecule has 0 unspecified atom stereocenters. The van der Waals surface area contributed by atoms with Gasteiger partial charge in [-0.3, -0.25) is 14.9 Å². The van der Waals surface area contributed by atoms with Gasteiger partial charge in [0, 0.05) is 6.20 Å². The van der Waals surface area contributed by atoms with Crippen molar-refractivity contribution in [2.75, 3.05) is 0 Å². The standard InChI is InChI=1S/C9H7ClF3N3O3/c10-5-1-4(9(11,12)13)2-16(7(5)18)3-6(17)15-8(14)19/h1-2H,3H2,(H3,14,15,17,19). The van der Waals surface area contributed by atoms with Gasteiger partial charge >= 0.3 is 12.2 Å². The molecule has 10 heteroatoms. The third-order valence-electron chi connectivity index (χ3n) is 1.95. The molecule has 19 heavy (non-hydrogen) atoms. The highest BCUT2D eigenvalue weighted by molar-refractivity contribution is 6.30. The molecule has 0 aliphatic carbocycles. The van der Waals surface area contributed by atoms with Crippen LogP contribution in [0.15, 0.2) is 17.1 Å². The molecule has 0 fully saturated rings. The predicted octanol–water partition coefficient (Wildman–Crippen LogP) is 0.715. The summed E-state index contributed by atoms with van der Waals surface area (Å²) in [6.45, 7) is -0.814. The van der Waals surface area contributed by atoms with E-state index in [9.17, 15) is 27.6 Å². The van der Waals surface area contributed by atoms with E-state index in [2.05, 4.69) is 5.73 Å². The highest BCUT2D eigenvalue weighted by Gasteiger charge is 2.32. The highest BCUT2D eigenvalue weighted by atomic mass is 35.5. The van der Waals surface area contributed by atoms with Gasteiger partial charge in [-0.05, 0) is 6.07 Å². The van der Waals surface area contributed by atoms with Crippen molar-refractivity contribution in [3.8, 4) is 0 Å². The van der Waals surface area contributed by atoms with Gasteiger partial charge < -0.3 is 10.3 Å². The lowest BCUT2D eigenvalue weighted by Gasteiger charge is -2.11. The second-order valence-corrected chi connectivity index (χ2v) is 3.83. The summed E-state index contributed by atoms with van der Waals surface area (Å²) in [5.74, 6) is -1.04. The van der Waals surface area contributed by atoms with Gasteiger partial charge in [0.1, 0.15) is 11.6 Å². The summed E-state index contributed by atoms with van der Waals surface area (Å²) >= 11 is 5.36. The van der Waals surface area contributed by atoms with Crippen LogP contribution in [0.1, 0.15) is 5.56 Å². The van der Waals surface area contributed by atoms with Crippen molar-refractivity contribution in [1.29, 1.82) is 0 Å². The van der Waals surface area contributed by atoms with E-state index < -0.39 is 40.8 Å². The molecule has 1 aromatic rings. The van der Waals surface area contributed by atoms with Crippen LogP contribution in [0.2, 0.25) is 5.02 Å². The van der Waals surface area contributed by atoms with Crippen LogP contribution in [0.4, 0.5) is 18.0 Å². The van der Waals surface area contributed by atoms with Gasteiger partial charge in [-0.2, -0.15) is 13.2 Å². The smallest absolute Gasteiger partial charge is 0.351 e. The summed E-state index contributed by atoms with van der Waals surface area (Å²) in [5, 5.41) is 0.919. The number of amides is 3. The van der Waals surface area contributed by atoms with Crippen molar-refractivity contribution in [1.82, 2.24) is 9.88 Å². The Balaban J connectivity index is 3.14. The predicted molar refractivity (Wildman–Crippen MR) is 58.4 cm³/mol. The molecular weight excluding hydrogens is 291 g/mol. The number of rotatable bonds is 2. The van der Waals surface area contributed by atoms with Crippen LogP contribution in [-0.2, 0) is 17.5 Å². The van der Waals surface area contributed by atoms with Crippen LogP contribution in [0, 0.1) is 0 Å². The number of primary amides is 1. The minimum atomic E-state index is -4.72. The fraction of sp³-hybridized carbons (Fsp3) is 0.222. The first-order valence-electron chi connectivity index (χ1n) is 4.67. The molecule has 1 heterocycles. The molecule has 0 radical (unpaired) electrons. The van der Waals surface area contributed by atoms with E-state index in [1.807, 2.05) is 0 Å². The van der Waals surface area contributed by atoms with E-state index in [1.165, 1.54) is 0 Å². The molecule has 0 aliphatic heterocycles. The maximum Gasteiger partial charge on any atom is 0.417 e. The Bertz CT molecular complexity index is 582. The number of aromatic nitrogens is 1. The Labute approximate surface area is 108 Å². The van der Waals surface area contributed by atoms with Gasteiger partial charge in [-0.1, -0.05) is 11.6 Å². The zero-order valence-corrected chi connectivity index (χ0v) is 9.88. The fourth-order valence-electron chi connectivity index (χ4n) is 1.20. The minimum Gasteiger partial charge on any atom is -0.351 e. The largest absolute Gasteiger partial charge is 0.417 e. The van der Waals surface area contributed by atoms with Gasteiger partial charge in [0.15, 0.2) is 0 Å². The van der Waals surface area contributed by atoms with Crippen molar-refractivity contribution in [3.63, 3.8) is 0 Å². The van der Waals surface area contributed by atoms with Gasteiger partial charge in [0.2, 0.25) is 5.91 Å². The van der Waals surface area contributed by atoms with Crippen LogP contribution >= 0.6 is 11.6 Å². The SMILES string of the molecule is NC(=O)NC(=O)Cn1cc(C(F)(F)F)cc(Cl)c1=O. The van der Waals surface area contributed by atoms with Crippen molar-refractivity contribution < 1.29 is 22.8 Å². The molecule has 0 saturated carbocycles. The van der Waals surface area contributed by atoms with Crippen molar-refractivity contribution in [2.24, 2.45) is 5.73 Å². The second-order valence-electron chi connectivity index (χ2n) is 3.42. The van der Waals surface area contributed by atoms with Crippen LogP contribution in [-0.4, -0.2) is 16.5 Å². The number of imide groups is 1. The Morgan fingerprint density at radius 1 is 1.42 bits per heavy atom. The molecule has 3 N–H and O–H groups in total. The quantitative estimate of drug-likeness (QED) is 0.842. The van der Waals surface area contributed by atoms with E-state index in [4.69, 9.17) is 11.6 Å². The van der Waals surface area contributed by atoms with Crippen molar-refractivity contribution >= 4 is 23.5 Å². The molecule has 3 amide bonds. The normalized spacial score (nSPS) is 11.2. The van der Waals surface area contributed by atoms with Gasteiger partial charge in [0.05, 0.1) is 5.56 Å². The van der Waals surface area contributed by atoms with Crippen molar-refractivity contribution in [2.45, 2.75) is 12.7 Å². The molecule has 0 bridgehead atoms. The molecule has 0 atom stereocenters. The number of hydrogen-bond donors (Lipinski definition) is 2. The Morgan fingerprint density at radius 2 is 2.00 bits per heavy atom. The Morgan fingerprint density at radius 3 is 2.47 bits per heavy atom. The van der Waals surface area contributed by atoms with E-state index in [0.717, 1.165) is 0 Å². The van der Waals surface area contributed by atoms with E-state index >= 15 is 0 Å². The third-order valence-corrected chi connectivity index (χ3v) is 2.22. The molecule has 0 aliphatic rings. The number of urea groups is 1. The highest BCUT2D eigenvalue weighted by Crippen LogP contribution is 2.29. The summed E-state index contributed by atoms with van der Waals surface area (Å²) in [5.41, 5.74) is 2.47. The summed E-state index contributed by atoms with van der Waals surface area (Å²) in [4.78, 5) is 33.0. The summed E-state index contributed by atoms with van der Waals surface area (Å²) < 4.78 is 37.9. The molecule has 6 nitrogen and oxygen atoms in total. The Kier molecular flexibility index (Phi) is 4.20. The zero-order chi connectivity index (χ0) is 14.8. The zero-order valence-electron chi connectivity index (χ0n) is 9.12. The van der Waals surface area contributed by atoms with Gasteiger partial charge in [0.25, 0.3) is 5.56 Å². The maximum absolute atomic E-state index is 12.5. The number of alkyl halides is 3. The molecule has 104 valence electrons. The number of hydrogen-bond acceptors (Lipinski definition) is 3. The molecule has 1 aromatic heterocycles. The van der Waals surface area contributed by atoms with Gasteiger partial charge in [-0.25, -0.2) is 4.79 Å². The lowest BCUT2D eigenvalue weighted by atomic mass is 10.2. The topological polar surface area (TPSA) is 94.2 Å². The van der Waals surface area contributed by atoms with E-state index in [0.29, 0.717) is 16.8 Å². The summed E-state index contributed by atoms with van der Waals surface area (Å²) in [7, 11) is 0. The number of nitrogens with two attached hydrogens (primary N) is 1. The maximum atomic E-state index is 12.5. The van der Waals surface area contributed by atoms with Crippen LogP contribution < -0.4 is 16.6 Å². The lowest BCUT2D eigenvalue weighted by Crippen LogP contribution is -2.39. The van der Waals surface area contributed by atoms with E-state index in [1.54, 1.807) is 5.32 Å². The lowest BCUT2D eigenvalue weighted by molar-refractivity contribution is -0.138. The van der Waals surface area contributed by atoms with Crippen LogP contribution in [0.5, 0.6) is 0 Å². The minimum absolute atomic E-state index is 0.425. The van der Waals surface area contributed by atoms with E-state index in [-0.39, 0.29) is 0 Å². The average molecular weight is 298 g/mol. The number of nitrogens with one attached hydrogen (secondary N) is 1. The van der Waals surface area contributed by atoms with Crippen molar-refractivity contribution in [3.05, 3.63) is 33.2 Å². The molecule has 1 rings (SSSR count). The second kappa shape index (κ2) is 5.31. The molecular formula is C9H7ClF3N3O3. The molecule has 0 aromatic carbocycles. The van der Waals surface area contributed by atoms with Gasteiger partial charge in [-0.15, -0.1) is 0 Å². The molecule has 0 saturated heterocycles. The van der Waals surface area contributed by atoms with Crippen LogP contribution in [0.3, 0.4) is 0 Å². The number of nitrogens with zero attached hydrogens (tertiary/aromatic N) is 1. The molecule has 0 spiro atoms. The number of carbonyl (C=O) groups is 2. The summed E-state index contributed by atoms with van der Waals surface area (Å²) in [6, 6.07) is -0.733. The average Bonchev–Trinajstić information content (AvgIpc) is 2.21. The van der Waals surface area contributed by atoms with Crippen LogP contribution in [0.25, 0.3) is 0 Å². The first kappa shape index (κ1) is 15.0. The number of carbonyl (C=O) groups excluding carboxylic acids is 2.